The van der Waals surface area contributed by atoms with Gasteiger partial charge >= 0.3 is 5.97 Å². The molecule has 1 aliphatic heterocycles. The number of amides is 1. The minimum Gasteiger partial charge on any atom is -0.507 e. The highest BCUT2D eigenvalue weighted by molar-refractivity contribution is 7.91. The number of hydrogen-bond acceptors (Lipinski definition) is 6. The van der Waals surface area contributed by atoms with Crippen molar-refractivity contribution in [1.29, 1.82) is 0 Å². The predicted molar refractivity (Wildman–Crippen MR) is 104 cm³/mol. The van der Waals surface area contributed by atoms with Gasteiger partial charge in [-0.05, 0) is 37.6 Å². The lowest BCUT2D eigenvalue weighted by molar-refractivity contribution is -0.122. The average Bonchev–Trinajstić information content (AvgIpc) is 3.02. The Bertz CT molecular complexity index is 987. The van der Waals surface area contributed by atoms with Gasteiger partial charge in [-0.15, -0.1) is 0 Å². The van der Waals surface area contributed by atoms with E-state index < -0.39 is 34.4 Å². The van der Waals surface area contributed by atoms with E-state index in [9.17, 15) is 23.1 Å². The zero-order valence-electron chi connectivity index (χ0n) is 15.4. The third kappa shape index (κ3) is 4.51. The smallest absolute Gasteiger partial charge is 0.342 e. The van der Waals surface area contributed by atoms with E-state index in [1.807, 2.05) is 0 Å². The maximum atomic E-state index is 12.8. The molecular weight excluding hydrogens is 382 g/mol. The summed E-state index contributed by atoms with van der Waals surface area (Å²) < 4.78 is 28.8. The van der Waals surface area contributed by atoms with Gasteiger partial charge in [0.05, 0.1) is 17.5 Å². The van der Waals surface area contributed by atoms with Crippen molar-refractivity contribution in [2.45, 2.75) is 19.4 Å². The topological polar surface area (TPSA) is 101 Å². The molecule has 1 N–H and O–H groups in total. The zero-order valence-corrected chi connectivity index (χ0v) is 16.2. The highest BCUT2D eigenvalue weighted by Crippen LogP contribution is 2.25. The van der Waals surface area contributed by atoms with Crippen molar-refractivity contribution in [3.8, 4) is 5.75 Å². The number of ether oxygens (including phenoxy) is 1. The molecule has 0 aliphatic carbocycles. The number of aromatic hydroxyl groups is 1. The normalized spacial score (nSPS) is 17.8. The number of carbonyl (C=O) groups is 2. The van der Waals surface area contributed by atoms with Crippen molar-refractivity contribution in [2.24, 2.45) is 0 Å². The molecule has 1 fully saturated rings. The molecule has 0 saturated carbocycles. The fraction of sp³-hybridized carbons (Fsp3) is 0.300. The number of nitrogens with zero attached hydrogens (tertiary/aromatic N) is 1. The average molecular weight is 403 g/mol. The number of phenols is 1. The first-order valence-corrected chi connectivity index (χ1v) is 10.6. The van der Waals surface area contributed by atoms with Gasteiger partial charge < -0.3 is 14.7 Å². The molecule has 1 aliphatic rings. The molecule has 2 aromatic carbocycles. The van der Waals surface area contributed by atoms with Gasteiger partial charge in [0, 0.05) is 5.69 Å². The van der Waals surface area contributed by atoms with Gasteiger partial charge in [-0.1, -0.05) is 29.8 Å². The van der Waals surface area contributed by atoms with Crippen molar-refractivity contribution in [3.05, 3.63) is 59.7 Å². The summed E-state index contributed by atoms with van der Waals surface area (Å²) in [7, 11) is -3.20. The van der Waals surface area contributed by atoms with E-state index in [4.69, 9.17) is 4.74 Å². The van der Waals surface area contributed by atoms with Crippen LogP contribution in [0.25, 0.3) is 0 Å². The summed E-state index contributed by atoms with van der Waals surface area (Å²) in [6.45, 7) is 1.21. The lowest BCUT2D eigenvalue weighted by atomic mass is 10.1. The largest absolute Gasteiger partial charge is 0.507 e. The molecule has 0 bridgehead atoms. The second-order valence-electron chi connectivity index (χ2n) is 6.75. The Balaban J connectivity index is 1.76. The number of carbonyl (C=O) groups excluding carboxylic acids is 2. The number of para-hydroxylation sites is 1. The second kappa shape index (κ2) is 8.02. The molecule has 28 heavy (non-hydrogen) atoms. The SMILES string of the molecule is Cc1ccc(O)c(C(=O)OCC(=O)N(c2ccccc2)[C@@H]2CCS(=O)(=O)C2)c1. The molecule has 0 radical (unpaired) electrons. The highest BCUT2D eigenvalue weighted by atomic mass is 32.2. The summed E-state index contributed by atoms with van der Waals surface area (Å²) in [4.78, 5) is 26.5. The Labute approximate surface area is 163 Å². The number of sulfone groups is 1. The molecule has 1 atom stereocenters. The molecule has 1 saturated heterocycles. The Morgan fingerprint density at radius 1 is 1.18 bits per heavy atom. The van der Waals surface area contributed by atoms with E-state index in [0.29, 0.717) is 12.1 Å². The number of esters is 1. The minimum atomic E-state index is -3.20. The first-order valence-electron chi connectivity index (χ1n) is 8.81. The van der Waals surface area contributed by atoms with Crippen molar-refractivity contribution in [2.75, 3.05) is 23.0 Å². The van der Waals surface area contributed by atoms with Crippen LogP contribution in [-0.2, 0) is 19.4 Å². The Hall–Kier alpha value is -2.87. The lowest BCUT2D eigenvalue weighted by Crippen LogP contribution is -2.43. The van der Waals surface area contributed by atoms with Crippen LogP contribution in [0.15, 0.2) is 48.5 Å². The number of rotatable bonds is 5. The summed E-state index contributed by atoms with van der Waals surface area (Å²) in [6, 6.07) is 12.7. The van der Waals surface area contributed by atoms with Gasteiger partial charge in [0.2, 0.25) is 0 Å². The fourth-order valence-electron chi connectivity index (χ4n) is 3.21. The lowest BCUT2D eigenvalue weighted by Gasteiger charge is -2.28. The summed E-state index contributed by atoms with van der Waals surface area (Å²) in [5.41, 5.74) is 1.28. The maximum absolute atomic E-state index is 12.8. The fourth-order valence-corrected chi connectivity index (χ4v) is 4.91. The van der Waals surface area contributed by atoms with Gasteiger partial charge in [0.25, 0.3) is 5.91 Å². The van der Waals surface area contributed by atoms with Crippen LogP contribution in [-0.4, -0.2) is 49.6 Å². The molecule has 0 unspecified atom stereocenters. The van der Waals surface area contributed by atoms with E-state index in [1.54, 1.807) is 43.3 Å². The summed E-state index contributed by atoms with van der Waals surface area (Å²) in [5.74, 6) is -1.67. The highest BCUT2D eigenvalue weighted by Gasteiger charge is 2.35. The van der Waals surface area contributed by atoms with Gasteiger partial charge in [-0.2, -0.15) is 0 Å². The van der Waals surface area contributed by atoms with Gasteiger partial charge in [0.1, 0.15) is 11.3 Å². The van der Waals surface area contributed by atoms with Crippen LogP contribution >= 0.6 is 0 Å². The van der Waals surface area contributed by atoms with Gasteiger partial charge in [-0.25, -0.2) is 13.2 Å². The van der Waals surface area contributed by atoms with Crippen LogP contribution in [0, 0.1) is 6.92 Å². The molecule has 3 rings (SSSR count). The Morgan fingerprint density at radius 2 is 1.89 bits per heavy atom. The zero-order chi connectivity index (χ0) is 20.3. The number of hydrogen-bond donors (Lipinski definition) is 1. The number of benzene rings is 2. The maximum Gasteiger partial charge on any atom is 0.342 e. The van der Waals surface area contributed by atoms with Crippen molar-refractivity contribution in [3.63, 3.8) is 0 Å². The van der Waals surface area contributed by atoms with E-state index >= 15 is 0 Å². The molecule has 0 aromatic heterocycles. The van der Waals surface area contributed by atoms with E-state index in [1.165, 1.54) is 17.0 Å². The van der Waals surface area contributed by atoms with Crippen molar-refractivity contribution >= 4 is 27.4 Å². The number of aryl methyl sites for hydroxylation is 1. The molecule has 0 spiro atoms. The molecule has 8 heteroatoms. The third-order valence-corrected chi connectivity index (χ3v) is 6.33. The minimum absolute atomic E-state index is 0.0191. The number of phenolic OH excluding ortho intramolecular Hbond substituents is 1. The molecule has 148 valence electrons. The number of anilines is 1. The molecular formula is C20H21NO6S. The van der Waals surface area contributed by atoms with Crippen LogP contribution in [0.4, 0.5) is 5.69 Å². The van der Waals surface area contributed by atoms with Crippen LogP contribution in [0.3, 0.4) is 0 Å². The standard InChI is InChI=1S/C20H21NO6S/c1-14-7-8-18(22)17(11-14)20(24)27-12-19(23)21(15-5-3-2-4-6-15)16-9-10-28(25,26)13-16/h2-8,11,16,22H,9-10,12-13H2,1H3/t16-/m1/s1. The van der Waals surface area contributed by atoms with Crippen molar-refractivity contribution < 1.29 is 27.9 Å². The summed E-state index contributed by atoms with van der Waals surface area (Å²) in [6.07, 6.45) is 0.329. The quantitative estimate of drug-likeness (QED) is 0.767. The van der Waals surface area contributed by atoms with Crippen LogP contribution in [0.5, 0.6) is 5.75 Å². The molecule has 2 aromatic rings. The van der Waals surface area contributed by atoms with E-state index in [-0.39, 0.29) is 22.8 Å². The first kappa shape index (κ1) is 19.9. The van der Waals surface area contributed by atoms with Crippen LogP contribution < -0.4 is 4.90 Å². The molecule has 1 heterocycles. The van der Waals surface area contributed by atoms with E-state index in [2.05, 4.69) is 0 Å². The molecule has 1 amide bonds. The van der Waals surface area contributed by atoms with E-state index in [0.717, 1.165) is 5.56 Å². The summed E-state index contributed by atoms with van der Waals surface area (Å²) >= 11 is 0. The first-order chi connectivity index (χ1) is 13.3. The van der Waals surface area contributed by atoms with Crippen LogP contribution in [0.2, 0.25) is 0 Å². The second-order valence-corrected chi connectivity index (χ2v) is 8.98. The van der Waals surface area contributed by atoms with Crippen LogP contribution in [0.1, 0.15) is 22.3 Å². The summed E-state index contributed by atoms with van der Waals surface area (Å²) in [5, 5.41) is 9.83. The Morgan fingerprint density at radius 3 is 2.54 bits per heavy atom. The predicted octanol–water partition coefficient (Wildman–Crippen LogP) is 2.08. The molecule has 7 nitrogen and oxygen atoms in total. The Kier molecular flexibility index (Phi) is 5.69. The third-order valence-electron chi connectivity index (χ3n) is 4.58. The van der Waals surface area contributed by atoms with Gasteiger partial charge in [0.15, 0.2) is 16.4 Å². The van der Waals surface area contributed by atoms with Gasteiger partial charge in [-0.3, -0.25) is 4.79 Å². The monoisotopic (exact) mass is 403 g/mol. The van der Waals surface area contributed by atoms with Crippen molar-refractivity contribution in [1.82, 2.24) is 0 Å².